The van der Waals surface area contributed by atoms with Crippen molar-refractivity contribution in [1.29, 1.82) is 0 Å². The molecule has 2 heterocycles. The van der Waals surface area contributed by atoms with E-state index in [9.17, 15) is 4.79 Å². The van der Waals surface area contributed by atoms with Gasteiger partial charge in [0.15, 0.2) is 5.96 Å². The van der Waals surface area contributed by atoms with Crippen LogP contribution in [0.2, 0.25) is 0 Å². The molecule has 0 aromatic rings. The Morgan fingerprint density at radius 3 is 2.38 bits per heavy atom. The van der Waals surface area contributed by atoms with Crippen molar-refractivity contribution in [1.82, 2.24) is 15.1 Å². The number of carbonyl (C=O) groups excluding carboxylic acids is 1. The molecule has 3 fully saturated rings. The van der Waals surface area contributed by atoms with Gasteiger partial charge >= 0.3 is 0 Å². The first kappa shape index (κ1) is 21.7. The molecule has 0 aromatic heterocycles. The SMILES string of the molecule is CCNC(=NCC1(C)CCCC1)N1CCN(C(=O)C2CCCO2)CC1.I. The Balaban J connectivity index is 0.00000243. The van der Waals surface area contributed by atoms with E-state index in [0.29, 0.717) is 5.41 Å². The quantitative estimate of drug-likeness (QED) is 0.383. The van der Waals surface area contributed by atoms with Crippen LogP contribution in [0.4, 0.5) is 0 Å². The van der Waals surface area contributed by atoms with Crippen molar-refractivity contribution in [3.63, 3.8) is 0 Å². The zero-order valence-electron chi connectivity index (χ0n) is 16.3. The molecule has 7 heteroatoms. The van der Waals surface area contributed by atoms with Gasteiger partial charge in [-0.15, -0.1) is 24.0 Å². The fourth-order valence-corrected chi connectivity index (χ4v) is 4.19. The largest absolute Gasteiger partial charge is 0.368 e. The van der Waals surface area contributed by atoms with Gasteiger partial charge in [-0.1, -0.05) is 19.8 Å². The highest BCUT2D eigenvalue weighted by atomic mass is 127. The second-order valence-electron chi connectivity index (χ2n) is 8.00. The van der Waals surface area contributed by atoms with Gasteiger partial charge in [-0.2, -0.15) is 0 Å². The smallest absolute Gasteiger partial charge is 0.251 e. The molecule has 1 saturated carbocycles. The number of nitrogens with zero attached hydrogens (tertiary/aromatic N) is 3. The molecule has 1 aliphatic carbocycles. The van der Waals surface area contributed by atoms with E-state index in [-0.39, 0.29) is 36.0 Å². The fraction of sp³-hybridized carbons (Fsp3) is 0.895. The molecule has 2 aliphatic heterocycles. The molecule has 150 valence electrons. The molecule has 1 atom stereocenters. The van der Waals surface area contributed by atoms with Gasteiger partial charge in [0.1, 0.15) is 6.10 Å². The summed E-state index contributed by atoms with van der Waals surface area (Å²) < 4.78 is 5.55. The number of nitrogens with one attached hydrogen (secondary N) is 1. The van der Waals surface area contributed by atoms with E-state index in [4.69, 9.17) is 9.73 Å². The number of ether oxygens (including phenoxy) is 1. The monoisotopic (exact) mass is 478 g/mol. The molecule has 0 bridgehead atoms. The minimum Gasteiger partial charge on any atom is -0.368 e. The van der Waals surface area contributed by atoms with Gasteiger partial charge in [0, 0.05) is 45.9 Å². The number of aliphatic imine (C=N–C) groups is 1. The lowest BCUT2D eigenvalue weighted by molar-refractivity contribution is -0.142. The van der Waals surface area contributed by atoms with Crippen LogP contribution in [0, 0.1) is 5.41 Å². The maximum absolute atomic E-state index is 12.5. The van der Waals surface area contributed by atoms with Crippen LogP contribution < -0.4 is 5.32 Å². The molecule has 0 radical (unpaired) electrons. The topological polar surface area (TPSA) is 57.2 Å². The van der Waals surface area contributed by atoms with Crippen molar-refractivity contribution in [2.24, 2.45) is 10.4 Å². The number of carbonyl (C=O) groups is 1. The average Bonchev–Trinajstić information content (AvgIpc) is 3.30. The lowest BCUT2D eigenvalue weighted by Gasteiger charge is -2.37. The minimum absolute atomic E-state index is 0. The first-order valence-corrected chi connectivity index (χ1v) is 10.0. The number of hydrogen-bond donors (Lipinski definition) is 1. The van der Waals surface area contributed by atoms with E-state index in [1.165, 1.54) is 25.7 Å². The normalized spacial score (nSPS) is 25.9. The Morgan fingerprint density at radius 1 is 1.15 bits per heavy atom. The lowest BCUT2D eigenvalue weighted by atomic mass is 9.89. The maximum atomic E-state index is 12.5. The van der Waals surface area contributed by atoms with Crippen molar-refractivity contribution in [2.45, 2.75) is 58.5 Å². The van der Waals surface area contributed by atoms with E-state index in [1.54, 1.807) is 0 Å². The van der Waals surface area contributed by atoms with Gasteiger partial charge in [0.2, 0.25) is 0 Å². The van der Waals surface area contributed by atoms with Crippen LogP contribution in [0.3, 0.4) is 0 Å². The molecular formula is C19H35IN4O2. The van der Waals surface area contributed by atoms with Crippen LogP contribution in [0.1, 0.15) is 52.4 Å². The highest BCUT2D eigenvalue weighted by Crippen LogP contribution is 2.37. The predicted octanol–water partition coefficient (Wildman–Crippen LogP) is 2.47. The standard InChI is InChI=1S/C19H34N4O2.HI/c1-3-20-18(21-15-19(2)8-4-5-9-19)23-12-10-22(11-13-23)17(24)16-7-6-14-25-16;/h16H,3-15H2,1-2H3,(H,20,21);1H. The van der Waals surface area contributed by atoms with Crippen LogP contribution in [-0.4, -0.2) is 73.6 Å². The summed E-state index contributed by atoms with van der Waals surface area (Å²) in [5.74, 6) is 1.19. The van der Waals surface area contributed by atoms with Crippen molar-refractivity contribution in [3.05, 3.63) is 0 Å². The van der Waals surface area contributed by atoms with Crippen LogP contribution in [0.25, 0.3) is 0 Å². The van der Waals surface area contributed by atoms with Gasteiger partial charge in [0.25, 0.3) is 5.91 Å². The first-order chi connectivity index (χ1) is 12.1. The number of amides is 1. The highest BCUT2D eigenvalue weighted by Gasteiger charge is 2.32. The van der Waals surface area contributed by atoms with E-state index in [2.05, 4.69) is 24.1 Å². The molecule has 3 rings (SSSR count). The van der Waals surface area contributed by atoms with E-state index in [0.717, 1.165) is 64.7 Å². The molecule has 26 heavy (non-hydrogen) atoms. The zero-order valence-corrected chi connectivity index (χ0v) is 18.7. The Kier molecular flexibility index (Phi) is 8.44. The molecule has 1 unspecified atom stereocenters. The van der Waals surface area contributed by atoms with E-state index in [1.807, 2.05) is 4.90 Å². The number of guanidine groups is 1. The Hall–Kier alpha value is -0.570. The second kappa shape index (κ2) is 10.1. The van der Waals surface area contributed by atoms with Crippen LogP contribution in [0.15, 0.2) is 4.99 Å². The summed E-state index contributed by atoms with van der Waals surface area (Å²) in [6.07, 6.45) is 6.95. The van der Waals surface area contributed by atoms with Crippen LogP contribution >= 0.6 is 24.0 Å². The van der Waals surface area contributed by atoms with Crippen LogP contribution in [-0.2, 0) is 9.53 Å². The molecule has 0 aromatic carbocycles. The minimum atomic E-state index is -0.198. The summed E-state index contributed by atoms with van der Waals surface area (Å²) in [7, 11) is 0. The van der Waals surface area contributed by atoms with E-state index >= 15 is 0 Å². The van der Waals surface area contributed by atoms with Gasteiger partial charge in [-0.3, -0.25) is 9.79 Å². The molecule has 1 N–H and O–H groups in total. The molecule has 0 spiro atoms. The Morgan fingerprint density at radius 2 is 1.81 bits per heavy atom. The van der Waals surface area contributed by atoms with Crippen molar-refractivity contribution >= 4 is 35.8 Å². The number of rotatable bonds is 4. The van der Waals surface area contributed by atoms with Gasteiger partial charge in [-0.05, 0) is 38.0 Å². The predicted molar refractivity (Wildman–Crippen MR) is 115 cm³/mol. The number of halogens is 1. The van der Waals surface area contributed by atoms with E-state index < -0.39 is 0 Å². The fourth-order valence-electron chi connectivity index (χ4n) is 4.19. The Bertz CT molecular complexity index is 480. The second-order valence-corrected chi connectivity index (χ2v) is 8.00. The Labute approximate surface area is 175 Å². The number of hydrogen-bond acceptors (Lipinski definition) is 3. The van der Waals surface area contributed by atoms with Crippen LogP contribution in [0.5, 0.6) is 0 Å². The summed E-state index contributed by atoms with van der Waals surface area (Å²) in [6, 6.07) is 0. The maximum Gasteiger partial charge on any atom is 0.251 e. The molecule has 2 saturated heterocycles. The first-order valence-electron chi connectivity index (χ1n) is 10.0. The third-order valence-corrected chi connectivity index (χ3v) is 5.85. The molecule has 1 amide bonds. The van der Waals surface area contributed by atoms with Gasteiger partial charge in [0.05, 0.1) is 0 Å². The zero-order chi connectivity index (χ0) is 17.7. The van der Waals surface area contributed by atoms with Gasteiger partial charge < -0.3 is 19.9 Å². The highest BCUT2D eigenvalue weighted by molar-refractivity contribution is 14.0. The molecule has 3 aliphatic rings. The summed E-state index contributed by atoms with van der Waals surface area (Å²) in [5.41, 5.74) is 0.373. The molecule has 6 nitrogen and oxygen atoms in total. The van der Waals surface area contributed by atoms with Crippen molar-refractivity contribution in [3.8, 4) is 0 Å². The van der Waals surface area contributed by atoms with Gasteiger partial charge in [-0.25, -0.2) is 0 Å². The summed E-state index contributed by atoms with van der Waals surface area (Å²) >= 11 is 0. The summed E-state index contributed by atoms with van der Waals surface area (Å²) in [5, 5.41) is 3.44. The van der Waals surface area contributed by atoms with Crippen molar-refractivity contribution in [2.75, 3.05) is 45.9 Å². The lowest BCUT2D eigenvalue weighted by Crippen LogP contribution is -2.55. The summed E-state index contributed by atoms with van der Waals surface area (Å²) in [4.78, 5) is 21.7. The molecular weight excluding hydrogens is 443 g/mol. The summed E-state index contributed by atoms with van der Waals surface area (Å²) in [6.45, 7) is 10.2. The number of piperazine rings is 1. The third kappa shape index (κ3) is 5.47. The third-order valence-electron chi connectivity index (χ3n) is 5.85. The van der Waals surface area contributed by atoms with Crippen molar-refractivity contribution < 1.29 is 9.53 Å². The average molecular weight is 478 g/mol.